The molecule has 0 saturated heterocycles. The molecule has 0 bridgehead atoms. The number of amides is 1. The summed E-state index contributed by atoms with van der Waals surface area (Å²) >= 11 is 0. The van der Waals surface area contributed by atoms with Crippen LogP contribution in [0.1, 0.15) is 19.8 Å². The molecular weight excluding hydrogens is 235 g/mol. The number of halogens is 1. The van der Waals surface area contributed by atoms with E-state index in [2.05, 4.69) is 5.32 Å². The van der Waals surface area contributed by atoms with Gasteiger partial charge in [0.05, 0.1) is 12.1 Å². The summed E-state index contributed by atoms with van der Waals surface area (Å²) in [4.78, 5) is 11.6. The number of hydrogen-bond acceptors (Lipinski definition) is 3. The summed E-state index contributed by atoms with van der Waals surface area (Å²) in [6.07, 6.45) is 1.23. The molecule has 1 aromatic carbocycles. The second-order valence-electron chi connectivity index (χ2n) is 4.75. The number of nitrogens with two attached hydrogens (primary N) is 1. The van der Waals surface area contributed by atoms with Crippen molar-refractivity contribution in [2.24, 2.45) is 5.73 Å². The molecule has 2 rings (SSSR count). The molecule has 1 aliphatic rings. The Morgan fingerprint density at radius 1 is 1.61 bits per heavy atom. The Balaban J connectivity index is 1.78. The van der Waals surface area contributed by atoms with Crippen LogP contribution in [0, 0.1) is 5.82 Å². The number of carbonyl (C=O) groups excluding carboxylic acids is 1. The molecule has 1 atom stereocenters. The van der Waals surface area contributed by atoms with Crippen LogP contribution < -0.4 is 15.8 Å². The van der Waals surface area contributed by atoms with Gasteiger partial charge >= 0.3 is 0 Å². The normalized spacial score (nSPS) is 17.9. The zero-order valence-corrected chi connectivity index (χ0v) is 10.3. The van der Waals surface area contributed by atoms with E-state index in [0.29, 0.717) is 12.3 Å². The van der Waals surface area contributed by atoms with Gasteiger partial charge in [-0.15, -0.1) is 0 Å². The number of benzene rings is 1. The molecule has 0 aromatic heterocycles. The lowest BCUT2D eigenvalue weighted by Gasteiger charge is -2.17. The maximum absolute atomic E-state index is 12.9. The predicted octanol–water partition coefficient (Wildman–Crippen LogP) is 1.20. The Bertz CT molecular complexity index is 446. The number of carbonyl (C=O) groups is 1. The molecule has 0 radical (unpaired) electrons. The highest BCUT2D eigenvalue weighted by Gasteiger charge is 2.45. The van der Waals surface area contributed by atoms with Gasteiger partial charge in [-0.3, -0.25) is 4.79 Å². The van der Waals surface area contributed by atoms with Gasteiger partial charge in [-0.1, -0.05) is 6.07 Å². The van der Waals surface area contributed by atoms with Crippen LogP contribution in [0.4, 0.5) is 4.39 Å². The van der Waals surface area contributed by atoms with Crippen LogP contribution in [0.3, 0.4) is 0 Å². The van der Waals surface area contributed by atoms with Crippen LogP contribution >= 0.6 is 0 Å². The van der Waals surface area contributed by atoms with E-state index in [9.17, 15) is 9.18 Å². The third-order valence-corrected chi connectivity index (χ3v) is 2.92. The fourth-order valence-electron chi connectivity index (χ4n) is 1.59. The van der Waals surface area contributed by atoms with Gasteiger partial charge in [0.15, 0.2) is 0 Å². The number of rotatable bonds is 5. The molecule has 5 heteroatoms. The second-order valence-corrected chi connectivity index (χ2v) is 4.75. The molecular formula is C13H17FN2O2. The van der Waals surface area contributed by atoms with Crippen molar-refractivity contribution in [3.8, 4) is 5.75 Å². The minimum Gasteiger partial charge on any atom is -0.489 e. The zero-order chi connectivity index (χ0) is 13.2. The van der Waals surface area contributed by atoms with Crippen LogP contribution in [0.15, 0.2) is 24.3 Å². The van der Waals surface area contributed by atoms with Gasteiger partial charge in [-0.25, -0.2) is 4.39 Å². The van der Waals surface area contributed by atoms with Gasteiger partial charge in [-0.05, 0) is 31.9 Å². The van der Waals surface area contributed by atoms with Gasteiger partial charge in [0.1, 0.15) is 17.7 Å². The van der Waals surface area contributed by atoms with E-state index in [-0.39, 0.29) is 17.8 Å². The first-order chi connectivity index (χ1) is 8.49. The summed E-state index contributed by atoms with van der Waals surface area (Å²) in [7, 11) is 0. The van der Waals surface area contributed by atoms with Crippen LogP contribution in [0.5, 0.6) is 5.75 Å². The number of hydrogen-bond donors (Lipinski definition) is 2. The molecule has 18 heavy (non-hydrogen) atoms. The lowest BCUT2D eigenvalue weighted by atomic mass is 10.2. The molecule has 1 amide bonds. The monoisotopic (exact) mass is 252 g/mol. The SMILES string of the molecule is CC(CNC(=O)C1(N)CC1)Oc1cccc(F)c1. The van der Waals surface area contributed by atoms with Crippen LogP contribution in [0.25, 0.3) is 0 Å². The Morgan fingerprint density at radius 2 is 2.33 bits per heavy atom. The molecule has 1 fully saturated rings. The van der Waals surface area contributed by atoms with E-state index >= 15 is 0 Å². The van der Waals surface area contributed by atoms with Crippen molar-refractivity contribution in [2.75, 3.05) is 6.54 Å². The molecule has 1 aliphatic carbocycles. The first-order valence-electron chi connectivity index (χ1n) is 5.99. The summed E-state index contributed by atoms with van der Waals surface area (Å²) < 4.78 is 18.4. The smallest absolute Gasteiger partial charge is 0.240 e. The summed E-state index contributed by atoms with van der Waals surface area (Å²) in [5.74, 6) is -0.0366. The number of nitrogens with one attached hydrogen (secondary N) is 1. The summed E-state index contributed by atoms with van der Waals surface area (Å²) in [5, 5.41) is 2.74. The van der Waals surface area contributed by atoms with Gasteiger partial charge in [-0.2, -0.15) is 0 Å². The van der Waals surface area contributed by atoms with Crippen molar-refractivity contribution in [3.05, 3.63) is 30.1 Å². The van der Waals surface area contributed by atoms with Crippen molar-refractivity contribution in [1.29, 1.82) is 0 Å². The molecule has 1 aromatic rings. The van der Waals surface area contributed by atoms with E-state index in [1.165, 1.54) is 12.1 Å². The standard InChI is InChI=1S/C13H17FN2O2/c1-9(8-16-12(17)13(15)5-6-13)18-11-4-2-3-10(14)7-11/h2-4,7,9H,5-6,8,15H2,1H3,(H,16,17). The molecule has 1 saturated carbocycles. The second kappa shape index (κ2) is 4.94. The average molecular weight is 252 g/mol. The van der Waals surface area contributed by atoms with Crippen molar-refractivity contribution in [3.63, 3.8) is 0 Å². The molecule has 98 valence electrons. The molecule has 0 heterocycles. The van der Waals surface area contributed by atoms with Crippen molar-refractivity contribution in [2.45, 2.75) is 31.4 Å². The molecule has 1 unspecified atom stereocenters. The van der Waals surface area contributed by atoms with Crippen molar-refractivity contribution >= 4 is 5.91 Å². The minimum atomic E-state index is -0.668. The Hall–Kier alpha value is -1.62. The van der Waals surface area contributed by atoms with Crippen LogP contribution in [0.2, 0.25) is 0 Å². The van der Waals surface area contributed by atoms with Gasteiger partial charge < -0.3 is 15.8 Å². The van der Waals surface area contributed by atoms with Crippen molar-refractivity contribution < 1.29 is 13.9 Å². The molecule has 3 N–H and O–H groups in total. The zero-order valence-electron chi connectivity index (χ0n) is 10.3. The van der Waals surface area contributed by atoms with E-state index in [4.69, 9.17) is 10.5 Å². The fraction of sp³-hybridized carbons (Fsp3) is 0.462. The largest absolute Gasteiger partial charge is 0.489 e. The molecule has 0 spiro atoms. The Labute approximate surface area is 105 Å². The van der Waals surface area contributed by atoms with Crippen molar-refractivity contribution in [1.82, 2.24) is 5.32 Å². The maximum atomic E-state index is 12.9. The highest BCUT2D eigenvalue weighted by molar-refractivity contribution is 5.88. The summed E-state index contributed by atoms with van der Waals surface area (Å²) in [6.45, 7) is 2.16. The quantitative estimate of drug-likeness (QED) is 0.827. The summed E-state index contributed by atoms with van der Waals surface area (Å²) in [6, 6.07) is 5.91. The predicted molar refractivity (Wildman–Crippen MR) is 65.7 cm³/mol. The first-order valence-corrected chi connectivity index (χ1v) is 5.99. The highest BCUT2D eigenvalue weighted by Crippen LogP contribution is 2.32. The lowest BCUT2D eigenvalue weighted by Crippen LogP contribution is -2.45. The van der Waals surface area contributed by atoms with Crippen LogP contribution in [-0.2, 0) is 4.79 Å². The summed E-state index contributed by atoms with van der Waals surface area (Å²) in [5.41, 5.74) is 5.08. The molecule has 0 aliphatic heterocycles. The van der Waals surface area contributed by atoms with E-state index < -0.39 is 5.54 Å². The Morgan fingerprint density at radius 3 is 2.94 bits per heavy atom. The highest BCUT2D eigenvalue weighted by atomic mass is 19.1. The maximum Gasteiger partial charge on any atom is 0.240 e. The first kappa shape index (κ1) is 12.8. The van der Waals surface area contributed by atoms with Gasteiger partial charge in [0, 0.05) is 6.07 Å². The topological polar surface area (TPSA) is 64.4 Å². The van der Waals surface area contributed by atoms with E-state index in [1.54, 1.807) is 19.1 Å². The van der Waals surface area contributed by atoms with Gasteiger partial charge in [0.25, 0.3) is 0 Å². The lowest BCUT2D eigenvalue weighted by molar-refractivity contribution is -0.123. The van der Waals surface area contributed by atoms with E-state index in [1.807, 2.05) is 0 Å². The van der Waals surface area contributed by atoms with E-state index in [0.717, 1.165) is 12.8 Å². The van der Waals surface area contributed by atoms with Crippen LogP contribution in [-0.4, -0.2) is 24.1 Å². The molecule has 4 nitrogen and oxygen atoms in total. The Kier molecular flexibility index (Phi) is 3.52. The number of ether oxygens (including phenoxy) is 1. The third kappa shape index (κ3) is 3.20. The third-order valence-electron chi connectivity index (χ3n) is 2.92. The fourth-order valence-corrected chi connectivity index (χ4v) is 1.59. The average Bonchev–Trinajstić information content (AvgIpc) is 3.05. The minimum absolute atomic E-state index is 0.141. The van der Waals surface area contributed by atoms with Gasteiger partial charge in [0.2, 0.25) is 5.91 Å².